The Kier molecular flexibility index (Phi) is 4.65. The summed E-state index contributed by atoms with van der Waals surface area (Å²) < 4.78 is 0. The highest BCUT2D eigenvalue weighted by Crippen LogP contribution is 2.02. The number of nitrogens with zero attached hydrogens (tertiary/aromatic N) is 1. The van der Waals surface area contributed by atoms with Crippen molar-refractivity contribution in [3.8, 4) is 0 Å². The number of nitrogens with two attached hydrogens (primary N) is 1. The van der Waals surface area contributed by atoms with Crippen LogP contribution in [0.4, 0.5) is 0 Å². The van der Waals surface area contributed by atoms with E-state index >= 15 is 0 Å². The lowest BCUT2D eigenvalue weighted by Gasteiger charge is -2.18. The minimum absolute atomic E-state index is 0.343. The van der Waals surface area contributed by atoms with Gasteiger partial charge in [-0.25, -0.2) is 0 Å². The normalized spacial score (nSPS) is 14.7. The van der Waals surface area contributed by atoms with Crippen LogP contribution in [-0.4, -0.2) is 31.6 Å². The molecule has 2 nitrogen and oxygen atoms in total. The Bertz CT molecular complexity index is 69.3. The monoisotopic (exact) mass is 144 g/mol. The molecule has 2 heteroatoms. The van der Waals surface area contributed by atoms with Gasteiger partial charge >= 0.3 is 0 Å². The fourth-order valence-corrected chi connectivity index (χ4v) is 1.15. The molecular formula is C8H20N2. The van der Waals surface area contributed by atoms with Crippen molar-refractivity contribution in [1.82, 2.24) is 4.90 Å². The maximum atomic E-state index is 5.83. The Morgan fingerprint density at radius 1 is 1.30 bits per heavy atom. The third kappa shape index (κ3) is 6.05. The average molecular weight is 144 g/mol. The van der Waals surface area contributed by atoms with Gasteiger partial charge in [-0.1, -0.05) is 13.8 Å². The molecule has 0 radical (unpaired) electrons. The van der Waals surface area contributed by atoms with Crippen LogP contribution in [-0.2, 0) is 0 Å². The van der Waals surface area contributed by atoms with E-state index < -0.39 is 0 Å². The molecular weight excluding hydrogens is 124 g/mol. The molecule has 0 saturated heterocycles. The van der Waals surface area contributed by atoms with Gasteiger partial charge in [-0.3, -0.25) is 0 Å². The van der Waals surface area contributed by atoms with E-state index in [1.165, 1.54) is 0 Å². The van der Waals surface area contributed by atoms with Crippen molar-refractivity contribution in [2.75, 3.05) is 20.6 Å². The quantitative estimate of drug-likeness (QED) is 0.636. The number of rotatable bonds is 4. The third-order valence-corrected chi connectivity index (χ3v) is 1.37. The lowest BCUT2D eigenvalue weighted by atomic mass is 10.0. The first kappa shape index (κ1) is 9.92. The van der Waals surface area contributed by atoms with Crippen molar-refractivity contribution in [3.05, 3.63) is 0 Å². The van der Waals surface area contributed by atoms with E-state index in [9.17, 15) is 0 Å². The van der Waals surface area contributed by atoms with E-state index in [1.807, 2.05) is 0 Å². The highest BCUT2D eigenvalue weighted by molar-refractivity contribution is 4.65. The molecule has 0 spiro atoms. The lowest BCUT2D eigenvalue weighted by molar-refractivity contribution is 0.344. The van der Waals surface area contributed by atoms with Crippen molar-refractivity contribution in [3.63, 3.8) is 0 Å². The van der Waals surface area contributed by atoms with Crippen LogP contribution in [0.1, 0.15) is 20.3 Å². The van der Waals surface area contributed by atoms with E-state index in [2.05, 4.69) is 32.8 Å². The molecule has 0 aromatic rings. The molecule has 0 rings (SSSR count). The summed E-state index contributed by atoms with van der Waals surface area (Å²) in [6.45, 7) is 5.41. The molecule has 1 atom stereocenters. The van der Waals surface area contributed by atoms with E-state index in [4.69, 9.17) is 5.73 Å². The van der Waals surface area contributed by atoms with Gasteiger partial charge in [0.25, 0.3) is 0 Å². The van der Waals surface area contributed by atoms with Gasteiger partial charge in [-0.05, 0) is 26.4 Å². The second-order valence-corrected chi connectivity index (χ2v) is 3.65. The minimum atomic E-state index is 0.343. The summed E-state index contributed by atoms with van der Waals surface area (Å²) in [5.74, 6) is 0.718. The van der Waals surface area contributed by atoms with Crippen molar-refractivity contribution in [2.24, 2.45) is 11.7 Å². The van der Waals surface area contributed by atoms with E-state index in [0.29, 0.717) is 6.04 Å². The molecule has 0 aromatic heterocycles. The number of likely N-dealkylation sites (N-methyl/N-ethyl adjacent to an activating group) is 1. The van der Waals surface area contributed by atoms with Crippen molar-refractivity contribution in [2.45, 2.75) is 26.3 Å². The van der Waals surface area contributed by atoms with Crippen LogP contribution in [0.3, 0.4) is 0 Å². The summed E-state index contributed by atoms with van der Waals surface area (Å²) >= 11 is 0. The standard InChI is InChI=1S/C8H20N2/c1-7(2)5-8(9)6-10(3)4/h7-8H,5-6,9H2,1-4H3/t8-/m1/s1. The highest BCUT2D eigenvalue weighted by Gasteiger charge is 2.05. The topological polar surface area (TPSA) is 29.3 Å². The fraction of sp³-hybridized carbons (Fsp3) is 1.00. The molecule has 10 heavy (non-hydrogen) atoms. The third-order valence-electron chi connectivity index (χ3n) is 1.37. The SMILES string of the molecule is CC(C)C[C@@H](N)CN(C)C. The van der Waals surface area contributed by atoms with Crippen LogP contribution in [0, 0.1) is 5.92 Å². The van der Waals surface area contributed by atoms with Gasteiger partial charge in [0.15, 0.2) is 0 Å². The Balaban J connectivity index is 3.34. The van der Waals surface area contributed by atoms with Gasteiger partial charge in [0.1, 0.15) is 0 Å². The number of hydrogen-bond donors (Lipinski definition) is 1. The lowest BCUT2D eigenvalue weighted by Crippen LogP contribution is -2.34. The molecule has 0 amide bonds. The first-order valence-corrected chi connectivity index (χ1v) is 3.92. The van der Waals surface area contributed by atoms with Crippen LogP contribution in [0.25, 0.3) is 0 Å². The maximum Gasteiger partial charge on any atom is 0.0170 e. The van der Waals surface area contributed by atoms with E-state index in [1.54, 1.807) is 0 Å². The summed E-state index contributed by atoms with van der Waals surface area (Å²) in [6, 6.07) is 0.343. The first-order valence-electron chi connectivity index (χ1n) is 3.92. The second-order valence-electron chi connectivity index (χ2n) is 3.65. The zero-order valence-electron chi connectivity index (χ0n) is 7.59. The van der Waals surface area contributed by atoms with Crippen LogP contribution in [0.2, 0.25) is 0 Å². The van der Waals surface area contributed by atoms with Gasteiger partial charge in [-0.15, -0.1) is 0 Å². The van der Waals surface area contributed by atoms with Gasteiger partial charge in [0, 0.05) is 12.6 Å². The molecule has 0 aliphatic rings. The molecule has 0 aliphatic carbocycles. The summed E-state index contributed by atoms with van der Waals surface area (Å²) in [5.41, 5.74) is 5.83. The molecule has 0 bridgehead atoms. The Hall–Kier alpha value is -0.0800. The van der Waals surface area contributed by atoms with Gasteiger partial charge in [-0.2, -0.15) is 0 Å². The van der Waals surface area contributed by atoms with Crippen LogP contribution >= 0.6 is 0 Å². The largest absolute Gasteiger partial charge is 0.327 e. The maximum absolute atomic E-state index is 5.83. The van der Waals surface area contributed by atoms with Crippen molar-refractivity contribution < 1.29 is 0 Å². The predicted octanol–water partition coefficient (Wildman–Crippen LogP) is 0.921. The van der Waals surface area contributed by atoms with E-state index in [0.717, 1.165) is 18.9 Å². The first-order chi connectivity index (χ1) is 4.52. The Labute approximate surface area is 64.4 Å². The van der Waals surface area contributed by atoms with Crippen molar-refractivity contribution >= 4 is 0 Å². The summed E-state index contributed by atoms with van der Waals surface area (Å²) in [6.07, 6.45) is 1.12. The van der Waals surface area contributed by atoms with E-state index in [-0.39, 0.29) is 0 Å². The average Bonchev–Trinajstić information content (AvgIpc) is 1.58. The summed E-state index contributed by atoms with van der Waals surface area (Å²) in [5, 5.41) is 0. The zero-order valence-corrected chi connectivity index (χ0v) is 7.59. The summed E-state index contributed by atoms with van der Waals surface area (Å²) in [7, 11) is 4.11. The fourth-order valence-electron chi connectivity index (χ4n) is 1.15. The molecule has 0 unspecified atom stereocenters. The predicted molar refractivity (Wildman–Crippen MR) is 46.0 cm³/mol. The molecule has 0 aliphatic heterocycles. The summed E-state index contributed by atoms with van der Waals surface area (Å²) in [4.78, 5) is 2.13. The molecule has 0 saturated carbocycles. The smallest absolute Gasteiger partial charge is 0.0170 e. The van der Waals surface area contributed by atoms with Crippen LogP contribution < -0.4 is 5.73 Å². The highest BCUT2D eigenvalue weighted by atomic mass is 15.1. The van der Waals surface area contributed by atoms with Gasteiger partial charge < -0.3 is 10.6 Å². The van der Waals surface area contributed by atoms with Gasteiger partial charge in [0.05, 0.1) is 0 Å². The minimum Gasteiger partial charge on any atom is -0.327 e. The zero-order chi connectivity index (χ0) is 8.15. The molecule has 0 fully saturated rings. The van der Waals surface area contributed by atoms with Crippen molar-refractivity contribution in [1.29, 1.82) is 0 Å². The Morgan fingerprint density at radius 2 is 1.80 bits per heavy atom. The van der Waals surface area contributed by atoms with Crippen LogP contribution in [0.15, 0.2) is 0 Å². The molecule has 62 valence electrons. The number of hydrogen-bond acceptors (Lipinski definition) is 2. The molecule has 0 heterocycles. The van der Waals surface area contributed by atoms with Gasteiger partial charge in [0.2, 0.25) is 0 Å². The molecule has 2 N–H and O–H groups in total. The second kappa shape index (κ2) is 4.69. The van der Waals surface area contributed by atoms with Crippen LogP contribution in [0.5, 0.6) is 0 Å². The molecule has 0 aromatic carbocycles. The Morgan fingerprint density at radius 3 is 2.10 bits per heavy atom.